The van der Waals surface area contributed by atoms with Crippen molar-refractivity contribution in [1.82, 2.24) is 0 Å². The molecule has 0 aliphatic heterocycles. The van der Waals surface area contributed by atoms with Crippen LogP contribution >= 0.6 is 0 Å². The second-order valence-corrected chi connectivity index (χ2v) is 16.0. The van der Waals surface area contributed by atoms with Gasteiger partial charge in [0.15, 0.2) is 0 Å². The first-order chi connectivity index (χ1) is 29.1. The van der Waals surface area contributed by atoms with Crippen LogP contribution in [0.3, 0.4) is 0 Å². The van der Waals surface area contributed by atoms with Gasteiger partial charge >= 0.3 is 0 Å². The first-order valence-electron chi connectivity index (χ1n) is 20.4. The van der Waals surface area contributed by atoms with Crippen molar-refractivity contribution in [3.8, 4) is 55.6 Å². The van der Waals surface area contributed by atoms with Crippen molar-refractivity contribution in [3.63, 3.8) is 0 Å². The molecule has 0 radical (unpaired) electrons. The summed E-state index contributed by atoms with van der Waals surface area (Å²) in [5.74, 6) is 0. The van der Waals surface area contributed by atoms with Gasteiger partial charge in [-0.3, -0.25) is 0 Å². The van der Waals surface area contributed by atoms with E-state index in [1.54, 1.807) is 0 Å². The van der Waals surface area contributed by atoms with Crippen molar-refractivity contribution in [1.29, 1.82) is 0 Å². The molecular formula is C57H41NO. The van der Waals surface area contributed by atoms with E-state index in [4.69, 9.17) is 4.42 Å². The van der Waals surface area contributed by atoms with Gasteiger partial charge in [0, 0.05) is 39.1 Å². The molecule has 0 unspecified atom stereocenters. The fourth-order valence-electron chi connectivity index (χ4n) is 9.67. The monoisotopic (exact) mass is 755 g/mol. The first kappa shape index (κ1) is 34.8. The van der Waals surface area contributed by atoms with E-state index in [2.05, 4.69) is 225 Å². The largest absolute Gasteiger partial charge is 0.456 e. The van der Waals surface area contributed by atoms with Crippen molar-refractivity contribution in [2.45, 2.75) is 19.3 Å². The summed E-state index contributed by atoms with van der Waals surface area (Å²) in [6, 6.07) is 76.9. The average molecular weight is 756 g/mol. The Morgan fingerprint density at radius 1 is 0.373 bits per heavy atom. The lowest BCUT2D eigenvalue weighted by Crippen LogP contribution is -2.17. The highest BCUT2D eigenvalue weighted by atomic mass is 16.3. The molecule has 0 fully saturated rings. The van der Waals surface area contributed by atoms with Crippen LogP contribution in [-0.2, 0) is 5.41 Å². The molecule has 0 spiro atoms. The minimum atomic E-state index is -0.194. The Kier molecular flexibility index (Phi) is 8.20. The summed E-state index contributed by atoms with van der Waals surface area (Å²) in [5, 5.41) is 2.22. The highest BCUT2D eigenvalue weighted by Crippen LogP contribution is 2.55. The molecule has 0 N–H and O–H groups in total. The molecule has 1 heterocycles. The number of benzene rings is 9. The summed E-state index contributed by atoms with van der Waals surface area (Å²) in [5.41, 5.74) is 19.5. The molecule has 2 nitrogen and oxygen atoms in total. The Balaban J connectivity index is 1.23. The highest BCUT2D eigenvalue weighted by molar-refractivity contribution is 6.08. The zero-order valence-electron chi connectivity index (χ0n) is 33.1. The fourth-order valence-corrected chi connectivity index (χ4v) is 9.67. The van der Waals surface area contributed by atoms with Crippen molar-refractivity contribution in [3.05, 3.63) is 223 Å². The summed E-state index contributed by atoms with van der Waals surface area (Å²) in [4.78, 5) is 2.47. The van der Waals surface area contributed by atoms with E-state index in [9.17, 15) is 0 Å². The third-order valence-electron chi connectivity index (χ3n) is 12.3. The first-order valence-corrected chi connectivity index (χ1v) is 20.4. The molecule has 0 amide bonds. The topological polar surface area (TPSA) is 16.4 Å². The van der Waals surface area contributed by atoms with E-state index >= 15 is 0 Å². The average Bonchev–Trinajstić information content (AvgIpc) is 3.78. The molecule has 0 saturated carbocycles. The molecule has 280 valence electrons. The highest BCUT2D eigenvalue weighted by Gasteiger charge is 2.38. The van der Waals surface area contributed by atoms with Gasteiger partial charge in [0.25, 0.3) is 0 Å². The van der Waals surface area contributed by atoms with E-state index in [0.29, 0.717) is 0 Å². The zero-order chi connectivity index (χ0) is 39.5. The Labute approximate surface area is 345 Å². The van der Waals surface area contributed by atoms with Crippen LogP contribution in [0.1, 0.15) is 25.0 Å². The Bertz CT molecular complexity index is 3190. The maximum atomic E-state index is 6.61. The van der Waals surface area contributed by atoms with Crippen molar-refractivity contribution in [2.24, 2.45) is 0 Å². The standard InChI is InChI=1S/C57H41NO/c1-57(2)50-31-14-11-24-43(50)48-29-17-30-49(56(48)57)44-25-12-15-32-51(44)58(40-35-36-46-45-26-13-16-34-53(45)59-54(46)37-40)52-33-18-28-42(39-21-7-4-8-22-39)55(52)47-27-10-9-23-41(47)38-19-5-3-6-20-38/h3-37H,1-2H3. The van der Waals surface area contributed by atoms with Gasteiger partial charge in [0.1, 0.15) is 11.2 Å². The number of rotatable bonds is 7. The van der Waals surface area contributed by atoms with Crippen LogP contribution < -0.4 is 4.90 Å². The van der Waals surface area contributed by atoms with Crippen LogP contribution in [0.4, 0.5) is 17.1 Å². The number of hydrogen-bond acceptors (Lipinski definition) is 2. The van der Waals surface area contributed by atoms with Crippen molar-refractivity contribution in [2.75, 3.05) is 4.90 Å². The third kappa shape index (κ3) is 5.63. The molecule has 1 aliphatic rings. The van der Waals surface area contributed by atoms with Crippen LogP contribution in [-0.4, -0.2) is 0 Å². The number of anilines is 3. The normalized spacial score (nSPS) is 12.7. The zero-order valence-corrected chi connectivity index (χ0v) is 33.1. The summed E-state index contributed by atoms with van der Waals surface area (Å²) in [7, 11) is 0. The lowest BCUT2D eigenvalue weighted by Gasteiger charge is -2.32. The van der Waals surface area contributed by atoms with E-state index in [-0.39, 0.29) is 5.41 Å². The van der Waals surface area contributed by atoms with E-state index in [0.717, 1.165) is 61.3 Å². The van der Waals surface area contributed by atoms with Gasteiger partial charge in [-0.1, -0.05) is 190 Å². The molecule has 0 saturated heterocycles. The van der Waals surface area contributed by atoms with E-state index in [1.165, 1.54) is 44.5 Å². The minimum absolute atomic E-state index is 0.194. The minimum Gasteiger partial charge on any atom is -0.456 e. The predicted octanol–water partition coefficient (Wildman–Crippen LogP) is 16.0. The van der Waals surface area contributed by atoms with Gasteiger partial charge in [0.2, 0.25) is 0 Å². The SMILES string of the molecule is CC1(C)c2ccccc2-c2cccc(-c3ccccc3N(c3ccc4c(c3)oc3ccccc34)c3cccc(-c4ccccc4)c3-c3ccccc3-c3ccccc3)c21. The molecule has 10 aromatic rings. The van der Waals surface area contributed by atoms with Gasteiger partial charge in [-0.15, -0.1) is 0 Å². The quantitative estimate of drug-likeness (QED) is 0.161. The van der Waals surface area contributed by atoms with Gasteiger partial charge in [-0.05, 0) is 86.0 Å². The summed E-state index contributed by atoms with van der Waals surface area (Å²) in [6.45, 7) is 4.75. The van der Waals surface area contributed by atoms with Crippen LogP contribution in [0.2, 0.25) is 0 Å². The van der Waals surface area contributed by atoms with Crippen LogP contribution in [0.5, 0.6) is 0 Å². The van der Waals surface area contributed by atoms with Crippen LogP contribution in [0.15, 0.2) is 217 Å². The Hall–Kier alpha value is -7.42. The molecule has 1 aliphatic carbocycles. The lowest BCUT2D eigenvalue weighted by molar-refractivity contribution is 0.662. The smallest absolute Gasteiger partial charge is 0.137 e. The summed E-state index contributed by atoms with van der Waals surface area (Å²) in [6.07, 6.45) is 0. The molecule has 59 heavy (non-hydrogen) atoms. The van der Waals surface area contributed by atoms with Crippen molar-refractivity contribution >= 4 is 39.0 Å². The summed E-state index contributed by atoms with van der Waals surface area (Å²) < 4.78 is 6.61. The lowest BCUT2D eigenvalue weighted by atomic mass is 9.78. The van der Waals surface area contributed by atoms with Gasteiger partial charge in [-0.25, -0.2) is 0 Å². The molecule has 0 bridgehead atoms. The maximum Gasteiger partial charge on any atom is 0.137 e. The van der Waals surface area contributed by atoms with Gasteiger partial charge in [-0.2, -0.15) is 0 Å². The molecular weight excluding hydrogens is 715 g/mol. The molecule has 2 heteroatoms. The predicted molar refractivity (Wildman–Crippen MR) is 248 cm³/mol. The number of para-hydroxylation sites is 2. The second-order valence-electron chi connectivity index (χ2n) is 16.0. The molecule has 11 rings (SSSR count). The van der Waals surface area contributed by atoms with Crippen molar-refractivity contribution < 1.29 is 4.42 Å². The fraction of sp³-hybridized carbons (Fsp3) is 0.0526. The Morgan fingerprint density at radius 3 is 1.68 bits per heavy atom. The molecule has 9 aromatic carbocycles. The number of hydrogen-bond donors (Lipinski definition) is 0. The number of fused-ring (bicyclic) bond motifs is 6. The Morgan fingerprint density at radius 2 is 0.898 bits per heavy atom. The van der Waals surface area contributed by atoms with E-state index in [1.807, 2.05) is 6.07 Å². The van der Waals surface area contributed by atoms with Gasteiger partial charge < -0.3 is 9.32 Å². The molecule has 1 aromatic heterocycles. The maximum absolute atomic E-state index is 6.61. The molecule has 0 atom stereocenters. The summed E-state index contributed by atoms with van der Waals surface area (Å²) >= 11 is 0. The van der Waals surface area contributed by atoms with E-state index < -0.39 is 0 Å². The second kappa shape index (κ2) is 13.9. The number of furan rings is 1. The van der Waals surface area contributed by atoms with Crippen LogP contribution in [0, 0.1) is 0 Å². The number of nitrogens with zero attached hydrogens (tertiary/aromatic N) is 1. The van der Waals surface area contributed by atoms with Crippen LogP contribution in [0.25, 0.3) is 77.6 Å². The third-order valence-corrected chi connectivity index (χ3v) is 12.3. The van der Waals surface area contributed by atoms with Gasteiger partial charge in [0.05, 0.1) is 11.4 Å².